The molecule has 4 nitrogen and oxygen atoms in total. The van der Waals surface area contributed by atoms with Crippen LogP contribution in [0.2, 0.25) is 0 Å². The average Bonchev–Trinajstić information content (AvgIpc) is 2.57. The van der Waals surface area contributed by atoms with Crippen LogP contribution in [0.3, 0.4) is 0 Å². The first kappa shape index (κ1) is 18.0. The molecule has 2 rings (SSSR count). The van der Waals surface area contributed by atoms with Gasteiger partial charge in [0.1, 0.15) is 5.75 Å². The van der Waals surface area contributed by atoms with E-state index in [0.717, 1.165) is 16.9 Å². The summed E-state index contributed by atoms with van der Waals surface area (Å²) in [7, 11) is 5.69. The van der Waals surface area contributed by atoms with Gasteiger partial charge in [-0.1, -0.05) is 42.5 Å². The van der Waals surface area contributed by atoms with Gasteiger partial charge in [-0.15, -0.1) is 0 Å². The largest absolute Gasteiger partial charge is 0.496 e. The van der Waals surface area contributed by atoms with Crippen molar-refractivity contribution in [2.24, 2.45) is 0 Å². The highest BCUT2D eigenvalue weighted by Gasteiger charge is 2.15. The SMILES string of the molecule is COc1cc(CC(=O)NC[C@H](c2ccccc2)N(C)C)ccc1C. The molecule has 128 valence electrons. The maximum Gasteiger partial charge on any atom is 0.224 e. The lowest BCUT2D eigenvalue weighted by molar-refractivity contribution is -0.120. The minimum atomic E-state index is 0.0173. The molecule has 1 atom stereocenters. The van der Waals surface area contributed by atoms with Crippen molar-refractivity contribution in [1.29, 1.82) is 0 Å². The van der Waals surface area contributed by atoms with Gasteiger partial charge in [0.15, 0.2) is 0 Å². The van der Waals surface area contributed by atoms with Crippen LogP contribution in [0.4, 0.5) is 0 Å². The first-order valence-corrected chi connectivity index (χ1v) is 8.13. The summed E-state index contributed by atoms with van der Waals surface area (Å²) < 4.78 is 5.32. The molecule has 0 spiro atoms. The van der Waals surface area contributed by atoms with E-state index in [9.17, 15) is 4.79 Å². The number of methoxy groups -OCH3 is 1. The second-order valence-electron chi connectivity index (χ2n) is 6.17. The van der Waals surface area contributed by atoms with Crippen LogP contribution in [0, 0.1) is 6.92 Å². The lowest BCUT2D eigenvalue weighted by atomic mass is 10.1. The van der Waals surface area contributed by atoms with E-state index in [0.29, 0.717) is 13.0 Å². The maximum atomic E-state index is 12.3. The summed E-state index contributed by atoms with van der Waals surface area (Å²) >= 11 is 0. The summed E-state index contributed by atoms with van der Waals surface area (Å²) in [5.74, 6) is 0.833. The van der Waals surface area contributed by atoms with Crippen LogP contribution in [-0.4, -0.2) is 38.6 Å². The Kier molecular flexibility index (Phi) is 6.38. The molecule has 0 aliphatic heterocycles. The van der Waals surface area contributed by atoms with Crippen LogP contribution in [0.15, 0.2) is 48.5 Å². The van der Waals surface area contributed by atoms with E-state index >= 15 is 0 Å². The molecule has 0 unspecified atom stereocenters. The Labute approximate surface area is 144 Å². The quantitative estimate of drug-likeness (QED) is 0.850. The molecule has 0 saturated heterocycles. The first-order chi connectivity index (χ1) is 11.5. The van der Waals surface area contributed by atoms with Gasteiger partial charge in [0.25, 0.3) is 0 Å². The second kappa shape index (κ2) is 8.50. The van der Waals surface area contributed by atoms with E-state index in [1.807, 2.05) is 57.4 Å². The molecule has 0 aliphatic carbocycles. The summed E-state index contributed by atoms with van der Waals surface area (Å²) in [5.41, 5.74) is 3.22. The van der Waals surface area contributed by atoms with Gasteiger partial charge in [0, 0.05) is 6.54 Å². The van der Waals surface area contributed by atoms with Gasteiger partial charge in [-0.05, 0) is 43.8 Å². The van der Waals surface area contributed by atoms with Crippen molar-refractivity contribution in [3.63, 3.8) is 0 Å². The Bertz CT molecular complexity index is 669. The summed E-state index contributed by atoms with van der Waals surface area (Å²) in [6.45, 7) is 2.57. The third kappa shape index (κ3) is 4.83. The van der Waals surface area contributed by atoms with Gasteiger partial charge in [0.2, 0.25) is 5.91 Å². The molecular weight excluding hydrogens is 300 g/mol. The molecule has 0 heterocycles. The van der Waals surface area contributed by atoms with Crippen LogP contribution in [0.5, 0.6) is 5.75 Å². The highest BCUT2D eigenvalue weighted by molar-refractivity contribution is 5.78. The van der Waals surface area contributed by atoms with E-state index < -0.39 is 0 Å². The predicted molar refractivity (Wildman–Crippen MR) is 97.3 cm³/mol. The Balaban J connectivity index is 1.96. The van der Waals surface area contributed by atoms with Gasteiger partial charge < -0.3 is 15.0 Å². The van der Waals surface area contributed by atoms with Gasteiger partial charge in [0.05, 0.1) is 19.6 Å². The molecule has 1 N–H and O–H groups in total. The van der Waals surface area contributed by atoms with Crippen molar-refractivity contribution >= 4 is 5.91 Å². The van der Waals surface area contributed by atoms with Crippen molar-refractivity contribution in [3.05, 3.63) is 65.2 Å². The number of hydrogen-bond donors (Lipinski definition) is 1. The maximum absolute atomic E-state index is 12.3. The Morgan fingerprint density at radius 1 is 1.17 bits per heavy atom. The van der Waals surface area contributed by atoms with E-state index in [1.54, 1.807) is 7.11 Å². The molecule has 24 heavy (non-hydrogen) atoms. The van der Waals surface area contributed by atoms with Crippen molar-refractivity contribution in [2.75, 3.05) is 27.7 Å². The summed E-state index contributed by atoms with van der Waals surface area (Å²) in [5, 5.41) is 3.04. The zero-order valence-corrected chi connectivity index (χ0v) is 14.9. The fourth-order valence-electron chi connectivity index (χ4n) is 2.71. The molecule has 2 aromatic rings. The molecule has 0 radical (unpaired) electrons. The lowest BCUT2D eigenvalue weighted by Gasteiger charge is -2.25. The fourth-order valence-corrected chi connectivity index (χ4v) is 2.71. The third-order valence-electron chi connectivity index (χ3n) is 4.14. The van der Waals surface area contributed by atoms with Gasteiger partial charge >= 0.3 is 0 Å². The van der Waals surface area contributed by atoms with Crippen LogP contribution in [0.1, 0.15) is 22.7 Å². The van der Waals surface area contributed by atoms with Gasteiger partial charge in [-0.2, -0.15) is 0 Å². The number of amides is 1. The summed E-state index contributed by atoms with van der Waals surface area (Å²) in [6, 6.07) is 16.2. The molecule has 0 aromatic heterocycles. The number of carbonyl (C=O) groups is 1. The third-order valence-corrected chi connectivity index (χ3v) is 4.14. The monoisotopic (exact) mass is 326 g/mol. The Morgan fingerprint density at radius 3 is 2.50 bits per heavy atom. The summed E-state index contributed by atoms with van der Waals surface area (Å²) in [4.78, 5) is 14.4. The number of hydrogen-bond acceptors (Lipinski definition) is 3. The fraction of sp³-hybridized carbons (Fsp3) is 0.350. The number of carbonyl (C=O) groups excluding carboxylic acids is 1. The number of aryl methyl sites for hydroxylation is 1. The highest BCUT2D eigenvalue weighted by Crippen LogP contribution is 2.20. The lowest BCUT2D eigenvalue weighted by Crippen LogP contribution is -2.35. The topological polar surface area (TPSA) is 41.6 Å². The van der Waals surface area contributed by atoms with Crippen LogP contribution in [-0.2, 0) is 11.2 Å². The van der Waals surface area contributed by atoms with Crippen LogP contribution >= 0.6 is 0 Å². The number of rotatable bonds is 7. The van der Waals surface area contributed by atoms with Crippen molar-refractivity contribution < 1.29 is 9.53 Å². The first-order valence-electron chi connectivity index (χ1n) is 8.13. The molecule has 2 aromatic carbocycles. The number of nitrogens with one attached hydrogen (secondary N) is 1. The molecule has 0 aliphatic rings. The Hall–Kier alpha value is -2.33. The molecule has 0 bridgehead atoms. The molecule has 1 amide bonds. The van der Waals surface area contributed by atoms with Crippen molar-refractivity contribution in [2.45, 2.75) is 19.4 Å². The number of benzene rings is 2. The molecule has 4 heteroatoms. The van der Waals surface area contributed by atoms with Crippen molar-refractivity contribution in [1.82, 2.24) is 10.2 Å². The highest BCUT2D eigenvalue weighted by atomic mass is 16.5. The van der Waals surface area contributed by atoms with Gasteiger partial charge in [-0.3, -0.25) is 4.79 Å². The van der Waals surface area contributed by atoms with Gasteiger partial charge in [-0.25, -0.2) is 0 Å². The molecule has 0 fully saturated rings. The number of ether oxygens (including phenoxy) is 1. The standard InChI is InChI=1S/C20H26N2O2/c1-15-10-11-16(12-19(15)24-4)13-20(23)21-14-18(22(2)3)17-8-6-5-7-9-17/h5-12,18H,13-14H2,1-4H3,(H,21,23)/t18-/m1/s1. The Morgan fingerprint density at radius 2 is 1.88 bits per heavy atom. The minimum Gasteiger partial charge on any atom is -0.496 e. The zero-order chi connectivity index (χ0) is 17.5. The van der Waals surface area contributed by atoms with Crippen LogP contribution in [0.25, 0.3) is 0 Å². The molecular formula is C20H26N2O2. The predicted octanol–water partition coefficient (Wildman–Crippen LogP) is 2.97. The average molecular weight is 326 g/mol. The zero-order valence-electron chi connectivity index (χ0n) is 14.9. The molecule has 0 saturated carbocycles. The normalized spacial score (nSPS) is 12.0. The van der Waals surface area contributed by atoms with E-state index in [1.165, 1.54) is 5.56 Å². The van der Waals surface area contributed by atoms with E-state index in [2.05, 4.69) is 22.3 Å². The second-order valence-corrected chi connectivity index (χ2v) is 6.17. The minimum absolute atomic E-state index is 0.0173. The van der Waals surface area contributed by atoms with Crippen LogP contribution < -0.4 is 10.1 Å². The number of likely N-dealkylation sites (N-methyl/N-ethyl adjacent to an activating group) is 1. The smallest absolute Gasteiger partial charge is 0.224 e. The summed E-state index contributed by atoms with van der Waals surface area (Å²) in [6.07, 6.45) is 0.353. The van der Waals surface area contributed by atoms with Crippen molar-refractivity contribution in [3.8, 4) is 5.75 Å². The van der Waals surface area contributed by atoms with E-state index in [-0.39, 0.29) is 11.9 Å². The van der Waals surface area contributed by atoms with E-state index in [4.69, 9.17) is 4.74 Å². The number of nitrogens with zero attached hydrogens (tertiary/aromatic N) is 1.